The molecule has 0 spiro atoms. The molecule has 0 unspecified atom stereocenters. The lowest BCUT2D eigenvalue weighted by molar-refractivity contribution is 1.13. The number of anilines is 1. The van der Waals surface area contributed by atoms with Gasteiger partial charge >= 0.3 is 0 Å². The summed E-state index contributed by atoms with van der Waals surface area (Å²) in [5.74, 6) is 0. The lowest BCUT2D eigenvalue weighted by Gasteiger charge is -2.12. The van der Waals surface area contributed by atoms with Crippen molar-refractivity contribution in [2.45, 2.75) is 13.5 Å². The van der Waals surface area contributed by atoms with Gasteiger partial charge in [0.15, 0.2) is 0 Å². The summed E-state index contributed by atoms with van der Waals surface area (Å²) in [5, 5.41) is 13.0. The molecule has 0 aliphatic carbocycles. The van der Waals surface area contributed by atoms with Crippen molar-refractivity contribution >= 4 is 17.3 Å². The molecule has 2 nitrogen and oxygen atoms in total. The predicted octanol–water partition coefficient (Wildman–Crippen LogP) is 4.13. The summed E-state index contributed by atoms with van der Waals surface area (Å²) >= 11 is 6.14. The van der Waals surface area contributed by atoms with Gasteiger partial charge in [-0.1, -0.05) is 41.9 Å². The first-order valence-electron chi connectivity index (χ1n) is 5.69. The number of nitrogens with zero attached hydrogens (tertiary/aromatic N) is 1. The molecule has 2 aromatic carbocycles. The second kappa shape index (κ2) is 5.57. The van der Waals surface area contributed by atoms with Gasteiger partial charge in [-0.2, -0.15) is 5.26 Å². The van der Waals surface area contributed by atoms with Crippen LogP contribution in [0.5, 0.6) is 0 Å². The molecule has 0 atom stereocenters. The molecule has 0 saturated heterocycles. The first-order valence-corrected chi connectivity index (χ1v) is 6.07. The van der Waals surface area contributed by atoms with Crippen molar-refractivity contribution in [2.24, 2.45) is 0 Å². The Bertz CT molecular complexity index is 579. The van der Waals surface area contributed by atoms with E-state index in [0.717, 1.165) is 16.8 Å². The number of aryl methyl sites for hydroxylation is 1. The fourth-order valence-corrected chi connectivity index (χ4v) is 2.11. The molecule has 18 heavy (non-hydrogen) atoms. The van der Waals surface area contributed by atoms with Crippen molar-refractivity contribution in [1.29, 1.82) is 5.26 Å². The van der Waals surface area contributed by atoms with Crippen molar-refractivity contribution < 1.29 is 0 Å². The highest BCUT2D eigenvalue weighted by molar-refractivity contribution is 6.33. The number of hydrogen-bond acceptors (Lipinski definition) is 2. The third-order valence-electron chi connectivity index (χ3n) is 2.82. The monoisotopic (exact) mass is 256 g/mol. The van der Waals surface area contributed by atoms with Gasteiger partial charge in [0.05, 0.1) is 22.3 Å². The Morgan fingerprint density at radius 2 is 1.94 bits per heavy atom. The summed E-state index contributed by atoms with van der Waals surface area (Å²) in [6.45, 7) is 2.60. The van der Waals surface area contributed by atoms with E-state index in [2.05, 4.69) is 11.4 Å². The van der Waals surface area contributed by atoms with Crippen molar-refractivity contribution in [2.75, 3.05) is 5.32 Å². The predicted molar refractivity (Wildman–Crippen MR) is 74.7 cm³/mol. The molecular formula is C15H13ClN2. The van der Waals surface area contributed by atoms with Crippen LogP contribution >= 0.6 is 11.6 Å². The van der Waals surface area contributed by atoms with E-state index in [-0.39, 0.29) is 0 Å². The molecule has 0 radical (unpaired) electrons. The summed E-state index contributed by atoms with van der Waals surface area (Å²) in [7, 11) is 0. The summed E-state index contributed by atoms with van der Waals surface area (Å²) in [6, 6.07) is 15.5. The van der Waals surface area contributed by atoms with Crippen LogP contribution in [0.3, 0.4) is 0 Å². The van der Waals surface area contributed by atoms with Crippen LogP contribution in [-0.2, 0) is 6.54 Å². The SMILES string of the molecule is Cc1cccc(Cl)c1NCc1ccccc1C#N. The molecule has 0 heterocycles. The number of hydrogen-bond donors (Lipinski definition) is 1. The topological polar surface area (TPSA) is 35.8 Å². The molecule has 1 N–H and O–H groups in total. The largest absolute Gasteiger partial charge is 0.379 e. The van der Waals surface area contributed by atoms with Crippen molar-refractivity contribution in [3.05, 3.63) is 64.2 Å². The van der Waals surface area contributed by atoms with Crippen LogP contribution in [0, 0.1) is 18.3 Å². The van der Waals surface area contributed by atoms with Crippen LogP contribution in [-0.4, -0.2) is 0 Å². The fraction of sp³-hybridized carbons (Fsp3) is 0.133. The summed E-state index contributed by atoms with van der Waals surface area (Å²) < 4.78 is 0. The van der Waals surface area contributed by atoms with Gasteiger partial charge in [0.1, 0.15) is 0 Å². The van der Waals surface area contributed by atoms with Crippen LogP contribution in [0.25, 0.3) is 0 Å². The Labute approximate surface area is 112 Å². The van der Waals surface area contributed by atoms with Crippen LogP contribution in [0.2, 0.25) is 5.02 Å². The number of nitrogens with one attached hydrogen (secondary N) is 1. The van der Waals surface area contributed by atoms with E-state index in [9.17, 15) is 0 Å². The van der Waals surface area contributed by atoms with Gasteiger partial charge in [0.2, 0.25) is 0 Å². The summed E-state index contributed by atoms with van der Waals surface area (Å²) in [5.41, 5.74) is 3.68. The minimum atomic E-state index is 0.592. The molecule has 0 aliphatic heterocycles. The number of rotatable bonds is 3. The van der Waals surface area contributed by atoms with Gasteiger partial charge in [-0.05, 0) is 30.2 Å². The maximum absolute atomic E-state index is 9.02. The molecule has 0 amide bonds. The molecular weight excluding hydrogens is 244 g/mol. The molecule has 0 bridgehead atoms. The van der Waals surface area contributed by atoms with Crippen molar-refractivity contribution in [1.82, 2.24) is 0 Å². The van der Waals surface area contributed by atoms with Gasteiger partial charge in [-0.25, -0.2) is 0 Å². The first kappa shape index (κ1) is 12.5. The van der Waals surface area contributed by atoms with Crippen molar-refractivity contribution in [3.63, 3.8) is 0 Å². The summed E-state index contributed by atoms with van der Waals surface area (Å²) in [6.07, 6.45) is 0. The average molecular weight is 257 g/mol. The Balaban J connectivity index is 2.20. The van der Waals surface area contributed by atoms with Gasteiger partial charge in [0.25, 0.3) is 0 Å². The maximum atomic E-state index is 9.02. The van der Waals surface area contributed by atoms with E-state index in [1.807, 2.05) is 49.4 Å². The normalized spacial score (nSPS) is 9.83. The quantitative estimate of drug-likeness (QED) is 0.896. The Morgan fingerprint density at radius 1 is 1.17 bits per heavy atom. The number of halogens is 1. The molecule has 0 aliphatic rings. The second-order valence-electron chi connectivity index (χ2n) is 4.05. The lowest BCUT2D eigenvalue weighted by atomic mass is 10.1. The Morgan fingerprint density at radius 3 is 2.67 bits per heavy atom. The standard InChI is InChI=1S/C15H13ClN2/c1-11-5-4-8-14(16)15(11)18-10-13-7-3-2-6-12(13)9-17/h2-8,18H,10H2,1H3. The molecule has 0 fully saturated rings. The smallest absolute Gasteiger partial charge is 0.0995 e. The third kappa shape index (κ3) is 2.64. The zero-order valence-corrected chi connectivity index (χ0v) is 10.8. The van der Waals surface area contributed by atoms with Crippen LogP contribution < -0.4 is 5.32 Å². The number of para-hydroxylation sites is 1. The van der Waals surface area contributed by atoms with Crippen LogP contribution in [0.15, 0.2) is 42.5 Å². The van der Waals surface area contributed by atoms with Crippen LogP contribution in [0.1, 0.15) is 16.7 Å². The lowest BCUT2D eigenvalue weighted by Crippen LogP contribution is -2.03. The fourth-order valence-electron chi connectivity index (χ4n) is 1.82. The minimum Gasteiger partial charge on any atom is -0.379 e. The van der Waals surface area contributed by atoms with E-state index in [0.29, 0.717) is 17.1 Å². The van der Waals surface area contributed by atoms with Crippen molar-refractivity contribution in [3.8, 4) is 6.07 Å². The van der Waals surface area contributed by atoms with Gasteiger partial charge in [0, 0.05) is 6.54 Å². The molecule has 3 heteroatoms. The molecule has 0 saturated carbocycles. The highest BCUT2D eigenvalue weighted by Crippen LogP contribution is 2.26. The average Bonchev–Trinajstić information content (AvgIpc) is 2.38. The summed E-state index contributed by atoms with van der Waals surface area (Å²) in [4.78, 5) is 0. The highest BCUT2D eigenvalue weighted by atomic mass is 35.5. The van der Waals surface area contributed by atoms with E-state index < -0.39 is 0 Å². The van der Waals surface area contributed by atoms with E-state index in [1.54, 1.807) is 0 Å². The van der Waals surface area contributed by atoms with Gasteiger partial charge < -0.3 is 5.32 Å². The Hall–Kier alpha value is -1.98. The van der Waals surface area contributed by atoms with Crippen LogP contribution in [0.4, 0.5) is 5.69 Å². The molecule has 2 aromatic rings. The minimum absolute atomic E-state index is 0.592. The highest BCUT2D eigenvalue weighted by Gasteiger charge is 2.05. The van der Waals surface area contributed by atoms with Gasteiger partial charge in [-0.3, -0.25) is 0 Å². The van der Waals surface area contributed by atoms with E-state index in [1.165, 1.54) is 0 Å². The first-order chi connectivity index (χ1) is 8.72. The maximum Gasteiger partial charge on any atom is 0.0995 e. The molecule has 90 valence electrons. The van der Waals surface area contributed by atoms with Gasteiger partial charge in [-0.15, -0.1) is 0 Å². The van der Waals surface area contributed by atoms with E-state index in [4.69, 9.17) is 16.9 Å². The van der Waals surface area contributed by atoms with E-state index >= 15 is 0 Å². The zero-order valence-electron chi connectivity index (χ0n) is 10.1. The second-order valence-corrected chi connectivity index (χ2v) is 4.46. The third-order valence-corrected chi connectivity index (χ3v) is 3.13. The number of nitriles is 1. The zero-order chi connectivity index (χ0) is 13.0. The number of benzene rings is 2. The molecule has 2 rings (SSSR count). The molecule has 0 aromatic heterocycles. The Kier molecular flexibility index (Phi) is 3.86.